The zero-order chi connectivity index (χ0) is 27.1. The highest BCUT2D eigenvalue weighted by Crippen LogP contribution is 2.42. The third-order valence-corrected chi connectivity index (χ3v) is 7.49. The van der Waals surface area contributed by atoms with E-state index in [1.165, 1.54) is 17.8 Å². The van der Waals surface area contributed by atoms with Crippen LogP contribution in [0.15, 0.2) is 29.5 Å². The number of Topliss-reactive ketones (excluding diaryl/α,β-unsaturated/α-hetero) is 1. The zero-order valence-electron chi connectivity index (χ0n) is 22.8. The van der Waals surface area contributed by atoms with Crippen LogP contribution >= 0.6 is 11.3 Å². The van der Waals surface area contributed by atoms with E-state index in [2.05, 4.69) is 11.9 Å². The number of ketones is 1. The Kier molecular flexibility index (Phi) is 10.1. The summed E-state index contributed by atoms with van der Waals surface area (Å²) in [4.78, 5) is 35.4. The number of aromatic nitrogens is 1. The summed E-state index contributed by atoms with van der Waals surface area (Å²) in [6.45, 7) is 7.51. The highest BCUT2D eigenvalue weighted by Gasteiger charge is 2.44. The Labute approximate surface area is 223 Å². The molecule has 0 fully saturated rings. The number of aliphatic hydroxyl groups is 1. The minimum absolute atomic E-state index is 0.0805. The number of rotatable bonds is 14. The molecule has 1 amide bonds. The molecule has 0 saturated carbocycles. The van der Waals surface area contributed by atoms with Crippen molar-refractivity contribution in [3.8, 4) is 11.5 Å². The molecule has 2 aromatic rings. The van der Waals surface area contributed by atoms with Crippen LogP contribution in [0.4, 0.5) is 0 Å². The molecule has 8 nitrogen and oxygen atoms in total. The molecule has 2 heterocycles. The number of hydrogen-bond donors (Lipinski definition) is 1. The Morgan fingerprint density at radius 2 is 1.92 bits per heavy atom. The molecule has 1 atom stereocenters. The largest absolute Gasteiger partial charge is 0.503 e. The van der Waals surface area contributed by atoms with Crippen LogP contribution in [-0.4, -0.2) is 72.5 Å². The van der Waals surface area contributed by atoms with Crippen LogP contribution in [0.3, 0.4) is 0 Å². The first-order valence-corrected chi connectivity index (χ1v) is 13.7. The van der Waals surface area contributed by atoms with Crippen molar-refractivity contribution < 1.29 is 24.2 Å². The third-order valence-electron chi connectivity index (χ3n) is 6.42. The van der Waals surface area contributed by atoms with Gasteiger partial charge in [0.15, 0.2) is 17.3 Å². The molecule has 1 unspecified atom stereocenters. The van der Waals surface area contributed by atoms with Gasteiger partial charge in [-0.05, 0) is 65.0 Å². The molecule has 0 bridgehead atoms. The maximum Gasteiger partial charge on any atom is 0.290 e. The van der Waals surface area contributed by atoms with E-state index < -0.39 is 17.7 Å². The molecule has 0 radical (unpaired) electrons. The summed E-state index contributed by atoms with van der Waals surface area (Å²) in [5.41, 5.74) is 1.35. The number of aryl methyl sites for hydroxylation is 2. The molecule has 1 aliphatic heterocycles. The predicted octanol–water partition coefficient (Wildman–Crippen LogP) is 5.26. The van der Waals surface area contributed by atoms with Crippen LogP contribution in [0.5, 0.6) is 11.5 Å². The van der Waals surface area contributed by atoms with Crippen LogP contribution in [0.2, 0.25) is 0 Å². The Morgan fingerprint density at radius 3 is 2.54 bits per heavy atom. The first kappa shape index (κ1) is 28.7. The molecule has 1 N–H and O–H groups in total. The van der Waals surface area contributed by atoms with Gasteiger partial charge in [0.1, 0.15) is 0 Å². The summed E-state index contributed by atoms with van der Waals surface area (Å²) >= 11 is 1.27. The smallest absolute Gasteiger partial charge is 0.290 e. The number of ether oxygens (including phenoxy) is 2. The highest BCUT2D eigenvalue weighted by atomic mass is 32.1. The van der Waals surface area contributed by atoms with Crippen molar-refractivity contribution in [3.63, 3.8) is 0 Å². The monoisotopic (exact) mass is 529 g/mol. The topological polar surface area (TPSA) is 92.2 Å². The first-order chi connectivity index (χ1) is 17.7. The van der Waals surface area contributed by atoms with E-state index in [0.29, 0.717) is 47.2 Å². The summed E-state index contributed by atoms with van der Waals surface area (Å²) in [5.74, 6) is -0.274. The van der Waals surface area contributed by atoms with Gasteiger partial charge in [-0.25, -0.2) is 4.98 Å². The van der Waals surface area contributed by atoms with Gasteiger partial charge >= 0.3 is 0 Å². The quantitative estimate of drug-likeness (QED) is 0.264. The molecular weight excluding hydrogens is 490 g/mol. The molecule has 0 spiro atoms. The van der Waals surface area contributed by atoms with Crippen molar-refractivity contribution >= 4 is 23.0 Å². The van der Waals surface area contributed by atoms with Crippen molar-refractivity contribution in [3.05, 3.63) is 50.7 Å². The molecule has 1 aliphatic rings. The molecule has 0 aliphatic carbocycles. The fourth-order valence-corrected chi connectivity index (χ4v) is 5.44. The Morgan fingerprint density at radius 1 is 1.16 bits per heavy atom. The van der Waals surface area contributed by atoms with Gasteiger partial charge in [-0.3, -0.25) is 9.59 Å². The van der Waals surface area contributed by atoms with E-state index in [1.54, 1.807) is 25.0 Å². The summed E-state index contributed by atoms with van der Waals surface area (Å²) in [6, 6.07) is 4.72. The predicted molar refractivity (Wildman–Crippen MR) is 146 cm³/mol. The summed E-state index contributed by atoms with van der Waals surface area (Å²) < 4.78 is 11.6. The van der Waals surface area contributed by atoms with E-state index in [1.807, 2.05) is 38.1 Å². The fraction of sp³-hybridized carbons (Fsp3) is 0.536. The number of unbranched alkanes of at least 4 members (excludes halogenated alkanes) is 3. The number of hydrogen-bond acceptors (Lipinski definition) is 8. The number of amides is 1. The van der Waals surface area contributed by atoms with Crippen molar-refractivity contribution in [1.82, 2.24) is 14.8 Å². The first-order valence-electron chi connectivity index (χ1n) is 12.9. The van der Waals surface area contributed by atoms with Gasteiger partial charge in [0, 0.05) is 6.54 Å². The fourth-order valence-electron chi connectivity index (χ4n) is 4.57. The van der Waals surface area contributed by atoms with Crippen LogP contribution in [-0.2, 0) is 4.79 Å². The molecule has 9 heteroatoms. The van der Waals surface area contributed by atoms with Crippen LogP contribution in [0.1, 0.15) is 71.0 Å². The lowest BCUT2D eigenvalue weighted by atomic mass is 9.94. The van der Waals surface area contributed by atoms with Gasteiger partial charge in [-0.1, -0.05) is 32.3 Å². The number of thiazole rings is 1. The average molecular weight is 530 g/mol. The lowest BCUT2D eigenvalue weighted by Gasteiger charge is -2.28. The Bertz CT molecular complexity index is 1140. The van der Waals surface area contributed by atoms with Gasteiger partial charge in [0.05, 0.1) is 40.9 Å². The summed E-state index contributed by atoms with van der Waals surface area (Å²) in [5, 5.41) is 11.7. The molecule has 0 saturated heterocycles. The number of benzene rings is 1. The van der Waals surface area contributed by atoms with E-state index >= 15 is 0 Å². The lowest BCUT2D eigenvalue weighted by Crippen LogP contribution is -2.33. The maximum atomic E-state index is 13.7. The van der Waals surface area contributed by atoms with E-state index in [9.17, 15) is 14.7 Å². The molecule has 1 aromatic heterocycles. The average Bonchev–Trinajstić information content (AvgIpc) is 3.33. The molecule has 3 rings (SSSR count). The molecular formula is C28H39N3O5S. The second-order valence-corrected chi connectivity index (χ2v) is 10.8. The number of carbonyl (C=O) groups is 2. The van der Waals surface area contributed by atoms with E-state index in [-0.39, 0.29) is 11.4 Å². The van der Waals surface area contributed by atoms with Crippen molar-refractivity contribution in [1.29, 1.82) is 0 Å². The van der Waals surface area contributed by atoms with Crippen LogP contribution < -0.4 is 9.47 Å². The summed E-state index contributed by atoms with van der Waals surface area (Å²) in [7, 11) is 5.50. The van der Waals surface area contributed by atoms with E-state index in [0.717, 1.165) is 30.8 Å². The van der Waals surface area contributed by atoms with Crippen LogP contribution in [0, 0.1) is 13.8 Å². The minimum Gasteiger partial charge on any atom is -0.503 e. The SMILES string of the molecule is CCCCCCOc1ccc(C2C(C(=O)c3sc(C)nc3C)=C(O)C(=O)N2CCCN(C)C)cc1OC. The lowest BCUT2D eigenvalue weighted by molar-refractivity contribution is -0.129. The molecule has 1 aromatic carbocycles. The summed E-state index contributed by atoms with van der Waals surface area (Å²) in [6.07, 6.45) is 5.08. The van der Waals surface area contributed by atoms with E-state index in [4.69, 9.17) is 9.47 Å². The van der Waals surface area contributed by atoms with Crippen molar-refractivity contribution in [2.75, 3.05) is 40.9 Å². The number of aliphatic hydroxyl groups excluding tert-OH is 1. The van der Waals surface area contributed by atoms with Crippen LogP contribution in [0.25, 0.3) is 0 Å². The molecule has 37 heavy (non-hydrogen) atoms. The van der Waals surface area contributed by atoms with Gasteiger partial charge in [-0.2, -0.15) is 0 Å². The second kappa shape index (κ2) is 13.1. The van der Waals surface area contributed by atoms with Crippen molar-refractivity contribution in [2.24, 2.45) is 0 Å². The second-order valence-electron chi connectivity index (χ2n) is 9.62. The third kappa shape index (κ3) is 6.70. The minimum atomic E-state index is -0.739. The van der Waals surface area contributed by atoms with Crippen molar-refractivity contribution in [2.45, 2.75) is 58.9 Å². The zero-order valence-corrected chi connectivity index (χ0v) is 23.6. The van der Waals surface area contributed by atoms with Gasteiger partial charge in [-0.15, -0.1) is 11.3 Å². The van der Waals surface area contributed by atoms with Gasteiger partial charge < -0.3 is 24.4 Å². The number of nitrogens with zero attached hydrogens (tertiary/aromatic N) is 3. The van der Waals surface area contributed by atoms with Gasteiger partial charge in [0.2, 0.25) is 5.78 Å². The highest BCUT2D eigenvalue weighted by molar-refractivity contribution is 7.14. The standard InChI is InChI=1S/C28H39N3O5S/c1-7-8-9-10-16-36-21-13-12-20(17-22(21)35-6)24-23(25(32)27-18(2)29-19(3)37-27)26(33)28(34)31(24)15-11-14-30(4)5/h12-13,17,24,33H,7-11,14-16H2,1-6H3. The Balaban J connectivity index is 1.97. The number of carbonyl (C=O) groups excluding carboxylic acids is 2. The molecule has 202 valence electrons. The van der Waals surface area contributed by atoms with Gasteiger partial charge in [0.25, 0.3) is 5.91 Å². The Hall–Kier alpha value is -2.91. The normalized spacial score (nSPS) is 15.7. The maximum absolute atomic E-state index is 13.7. The number of methoxy groups -OCH3 is 1.